The number of methoxy groups -OCH3 is 1. The third kappa shape index (κ3) is 3.42. The van der Waals surface area contributed by atoms with Crippen LogP contribution in [-0.2, 0) is 0 Å². The Kier molecular flexibility index (Phi) is 3.58. The zero-order valence-electron chi connectivity index (χ0n) is 9.33. The lowest BCUT2D eigenvalue weighted by atomic mass is 10.3. The van der Waals surface area contributed by atoms with Crippen molar-refractivity contribution in [3.05, 3.63) is 24.3 Å². The van der Waals surface area contributed by atoms with Gasteiger partial charge in [-0.1, -0.05) is 32.9 Å². The van der Waals surface area contributed by atoms with Crippen LogP contribution in [0.3, 0.4) is 0 Å². The molecule has 0 atom stereocenters. The van der Waals surface area contributed by atoms with E-state index in [0.717, 1.165) is 11.5 Å². The molecule has 78 valence electrons. The molecular formula is C11H18O2Si. The van der Waals surface area contributed by atoms with E-state index in [1.165, 1.54) is 0 Å². The lowest BCUT2D eigenvalue weighted by Gasteiger charge is -2.19. The molecule has 0 aliphatic rings. The summed E-state index contributed by atoms with van der Waals surface area (Å²) in [7, 11) is 1.11. The average Bonchev–Trinajstić information content (AvgIpc) is 2.14. The average molecular weight is 210 g/mol. The van der Waals surface area contributed by atoms with Gasteiger partial charge in [-0.05, 0) is 17.2 Å². The number of hydrogen-bond acceptors (Lipinski definition) is 2. The summed E-state index contributed by atoms with van der Waals surface area (Å²) in [6, 6.07) is 7.79. The van der Waals surface area contributed by atoms with Crippen LogP contribution in [-0.4, -0.2) is 16.9 Å². The molecule has 0 bridgehead atoms. The fourth-order valence-corrected chi connectivity index (χ4v) is 1.86. The van der Waals surface area contributed by atoms with E-state index in [4.69, 9.17) is 9.16 Å². The van der Waals surface area contributed by atoms with Crippen LogP contribution < -0.4 is 9.16 Å². The van der Waals surface area contributed by atoms with E-state index in [1.54, 1.807) is 7.11 Å². The first-order valence-corrected chi connectivity index (χ1v) is 6.07. The van der Waals surface area contributed by atoms with Gasteiger partial charge in [0.2, 0.25) is 9.76 Å². The third-order valence-corrected chi connectivity index (χ3v) is 3.05. The topological polar surface area (TPSA) is 18.5 Å². The van der Waals surface area contributed by atoms with Gasteiger partial charge in [-0.3, -0.25) is 0 Å². The number of para-hydroxylation sites is 2. The second kappa shape index (κ2) is 4.51. The molecule has 14 heavy (non-hydrogen) atoms. The number of benzene rings is 1. The monoisotopic (exact) mass is 210 g/mol. The Bertz CT molecular complexity index is 292. The Morgan fingerprint density at radius 2 is 1.64 bits per heavy atom. The normalized spacial score (nSPS) is 12.0. The Hall–Kier alpha value is -0.963. The van der Waals surface area contributed by atoms with Crippen molar-refractivity contribution in [3.8, 4) is 11.5 Å². The maximum absolute atomic E-state index is 5.81. The van der Waals surface area contributed by atoms with Crippen molar-refractivity contribution in [2.24, 2.45) is 0 Å². The number of hydrogen-bond donors (Lipinski definition) is 0. The predicted octanol–water partition coefficient (Wildman–Crippen LogP) is 2.38. The highest BCUT2D eigenvalue weighted by Crippen LogP contribution is 2.28. The Morgan fingerprint density at radius 3 is 2.14 bits per heavy atom. The fourth-order valence-electron chi connectivity index (χ4n) is 1.03. The molecule has 0 unspecified atom stereocenters. The highest BCUT2D eigenvalue weighted by Gasteiger charge is 2.13. The van der Waals surface area contributed by atoms with Crippen LogP contribution in [0.5, 0.6) is 11.5 Å². The second-order valence-electron chi connectivity index (χ2n) is 4.50. The molecule has 3 heteroatoms. The van der Waals surface area contributed by atoms with Gasteiger partial charge in [0.05, 0.1) is 7.11 Å². The standard InChI is InChI=1S/C11H18O2Si/c1-11(2,3)14-13-10-8-6-5-7-9(10)12-4/h5-8H,14H2,1-4H3. The van der Waals surface area contributed by atoms with Crippen molar-refractivity contribution in [1.82, 2.24) is 0 Å². The van der Waals surface area contributed by atoms with Crippen molar-refractivity contribution in [1.29, 1.82) is 0 Å². The van der Waals surface area contributed by atoms with Gasteiger partial charge in [-0.2, -0.15) is 0 Å². The lowest BCUT2D eigenvalue weighted by Crippen LogP contribution is -2.15. The van der Waals surface area contributed by atoms with Crippen LogP contribution in [0.4, 0.5) is 0 Å². The Labute approximate surface area is 88.2 Å². The van der Waals surface area contributed by atoms with E-state index < -0.39 is 9.76 Å². The molecule has 0 saturated heterocycles. The first-order chi connectivity index (χ1) is 6.53. The predicted molar refractivity (Wildman–Crippen MR) is 61.9 cm³/mol. The van der Waals surface area contributed by atoms with Gasteiger partial charge < -0.3 is 9.16 Å². The molecule has 0 spiro atoms. The summed E-state index contributed by atoms with van der Waals surface area (Å²) in [5.74, 6) is 1.70. The van der Waals surface area contributed by atoms with Crippen molar-refractivity contribution in [2.45, 2.75) is 25.8 Å². The van der Waals surface area contributed by atoms with Crippen LogP contribution in [0, 0.1) is 0 Å². The third-order valence-electron chi connectivity index (χ3n) is 1.73. The van der Waals surface area contributed by atoms with Crippen molar-refractivity contribution < 1.29 is 9.16 Å². The SMILES string of the molecule is COc1ccccc1O[SiH2]C(C)(C)C. The van der Waals surface area contributed by atoms with E-state index in [-0.39, 0.29) is 0 Å². The minimum Gasteiger partial charge on any atom is -0.546 e. The van der Waals surface area contributed by atoms with Crippen LogP contribution in [0.2, 0.25) is 5.04 Å². The highest BCUT2D eigenvalue weighted by atomic mass is 28.2. The summed E-state index contributed by atoms with van der Waals surface area (Å²) < 4.78 is 11.0. The van der Waals surface area contributed by atoms with Gasteiger partial charge in [0.1, 0.15) is 5.75 Å². The summed E-state index contributed by atoms with van der Waals surface area (Å²) in [6.07, 6.45) is 0. The minimum absolute atomic E-state index is 0.306. The molecule has 0 heterocycles. The Morgan fingerprint density at radius 1 is 1.07 bits per heavy atom. The van der Waals surface area contributed by atoms with Gasteiger partial charge in [0, 0.05) is 0 Å². The molecule has 0 aromatic heterocycles. The molecule has 2 nitrogen and oxygen atoms in total. The molecule has 0 saturated carbocycles. The van der Waals surface area contributed by atoms with E-state index in [9.17, 15) is 0 Å². The lowest BCUT2D eigenvalue weighted by molar-refractivity contribution is 0.393. The molecule has 1 aromatic carbocycles. The van der Waals surface area contributed by atoms with Gasteiger partial charge in [0.25, 0.3) is 0 Å². The Balaban J connectivity index is 2.67. The summed E-state index contributed by atoms with van der Waals surface area (Å²) in [5.41, 5.74) is 0. The van der Waals surface area contributed by atoms with Crippen LogP contribution in [0.15, 0.2) is 24.3 Å². The van der Waals surface area contributed by atoms with Gasteiger partial charge >= 0.3 is 0 Å². The molecule has 0 amide bonds. The number of rotatable bonds is 3. The van der Waals surface area contributed by atoms with Crippen molar-refractivity contribution in [2.75, 3.05) is 7.11 Å². The summed E-state index contributed by atoms with van der Waals surface area (Å²) in [5, 5.41) is 0.306. The highest BCUT2D eigenvalue weighted by molar-refractivity contribution is 6.32. The fraction of sp³-hybridized carbons (Fsp3) is 0.455. The number of ether oxygens (including phenoxy) is 1. The van der Waals surface area contributed by atoms with Gasteiger partial charge in [0.15, 0.2) is 5.75 Å². The molecule has 1 aromatic rings. The first kappa shape index (κ1) is 11.1. The molecular weight excluding hydrogens is 192 g/mol. The van der Waals surface area contributed by atoms with E-state index in [1.807, 2.05) is 24.3 Å². The molecule has 0 aliphatic heterocycles. The van der Waals surface area contributed by atoms with Crippen LogP contribution in [0.25, 0.3) is 0 Å². The first-order valence-electron chi connectivity index (χ1n) is 4.79. The summed E-state index contributed by atoms with van der Waals surface area (Å²) >= 11 is 0. The molecule has 0 N–H and O–H groups in total. The van der Waals surface area contributed by atoms with Crippen LogP contribution in [0.1, 0.15) is 20.8 Å². The minimum atomic E-state index is -0.559. The largest absolute Gasteiger partial charge is 0.546 e. The zero-order valence-corrected chi connectivity index (χ0v) is 10.7. The quantitative estimate of drug-likeness (QED) is 0.713. The summed E-state index contributed by atoms with van der Waals surface area (Å²) in [4.78, 5) is 0. The van der Waals surface area contributed by atoms with E-state index >= 15 is 0 Å². The van der Waals surface area contributed by atoms with Crippen LogP contribution >= 0.6 is 0 Å². The van der Waals surface area contributed by atoms with E-state index in [0.29, 0.717) is 5.04 Å². The molecule has 0 radical (unpaired) electrons. The van der Waals surface area contributed by atoms with Gasteiger partial charge in [-0.25, -0.2) is 0 Å². The maximum Gasteiger partial charge on any atom is 0.225 e. The smallest absolute Gasteiger partial charge is 0.225 e. The van der Waals surface area contributed by atoms with E-state index in [2.05, 4.69) is 20.8 Å². The van der Waals surface area contributed by atoms with Crippen molar-refractivity contribution in [3.63, 3.8) is 0 Å². The van der Waals surface area contributed by atoms with Crippen molar-refractivity contribution >= 4 is 9.76 Å². The molecule has 0 fully saturated rings. The zero-order chi connectivity index (χ0) is 10.6. The molecule has 0 aliphatic carbocycles. The maximum atomic E-state index is 5.81. The molecule has 1 rings (SSSR count). The second-order valence-corrected chi connectivity index (χ2v) is 7.20. The van der Waals surface area contributed by atoms with Gasteiger partial charge in [-0.15, -0.1) is 0 Å². The summed E-state index contributed by atoms with van der Waals surface area (Å²) in [6.45, 7) is 6.61.